The summed E-state index contributed by atoms with van der Waals surface area (Å²) in [4.78, 5) is 25.5. The summed E-state index contributed by atoms with van der Waals surface area (Å²) in [5, 5.41) is 20.3. The summed E-state index contributed by atoms with van der Waals surface area (Å²) >= 11 is 0. The lowest BCUT2D eigenvalue weighted by Gasteiger charge is -2.29. The molecule has 0 aliphatic carbocycles. The fraction of sp³-hybridized carbons (Fsp3) is 0.256. The van der Waals surface area contributed by atoms with Crippen molar-refractivity contribution >= 4 is 39.1 Å². The van der Waals surface area contributed by atoms with Crippen molar-refractivity contribution in [2.24, 2.45) is 0 Å². The molecule has 6 aromatic rings. The Morgan fingerprint density at radius 2 is 2.00 bits per heavy atom. The summed E-state index contributed by atoms with van der Waals surface area (Å²) in [6.07, 6.45) is 4.08. The lowest BCUT2D eigenvalue weighted by molar-refractivity contribution is -0.0591. The molecule has 0 spiro atoms. The second kappa shape index (κ2) is 13.8. The Hall–Kier alpha value is -5.90. The van der Waals surface area contributed by atoms with Gasteiger partial charge in [0.15, 0.2) is 0 Å². The van der Waals surface area contributed by atoms with Crippen molar-refractivity contribution < 1.29 is 18.7 Å². The number of halogens is 1. The Labute approximate surface area is 293 Å². The number of carbonyl (C=O) groups is 1. The molecule has 1 atom stereocenters. The summed E-state index contributed by atoms with van der Waals surface area (Å²) in [5.74, 6) is 0.674. The first-order valence-electron chi connectivity index (χ1n) is 17.0. The normalized spacial score (nSPS) is 16.1. The van der Waals surface area contributed by atoms with Crippen LogP contribution in [-0.2, 0) is 24.4 Å². The summed E-state index contributed by atoms with van der Waals surface area (Å²) in [5.41, 5.74) is 7.39. The molecule has 1 saturated heterocycles. The zero-order valence-electron chi connectivity index (χ0n) is 28.0. The van der Waals surface area contributed by atoms with Gasteiger partial charge in [-0.2, -0.15) is 10.4 Å². The molecule has 8 rings (SSSR count). The number of nitriles is 1. The number of anilines is 1. The van der Waals surface area contributed by atoms with Crippen molar-refractivity contribution in [1.29, 1.82) is 5.26 Å². The lowest BCUT2D eigenvalue weighted by Crippen LogP contribution is -2.33. The fourth-order valence-corrected chi connectivity index (χ4v) is 6.54. The second-order valence-electron chi connectivity index (χ2n) is 12.9. The number of benzene rings is 3. The second-order valence-corrected chi connectivity index (χ2v) is 12.9. The predicted molar refractivity (Wildman–Crippen MR) is 190 cm³/mol. The van der Waals surface area contributed by atoms with Gasteiger partial charge in [0.05, 0.1) is 53.1 Å². The van der Waals surface area contributed by atoms with Crippen LogP contribution >= 0.6 is 0 Å². The van der Waals surface area contributed by atoms with Crippen LogP contribution in [0.2, 0.25) is 0 Å². The monoisotopic (exact) mass is 682 g/mol. The largest absolute Gasteiger partial charge is 0.473 e. The molecule has 2 aliphatic heterocycles. The van der Waals surface area contributed by atoms with Gasteiger partial charge in [-0.15, -0.1) is 0 Å². The van der Waals surface area contributed by atoms with Crippen LogP contribution in [-0.4, -0.2) is 61.3 Å². The number of rotatable bonds is 10. The number of H-pyrrole nitrogens is 1. The smallest absolute Gasteiger partial charge is 0.255 e. The zero-order chi connectivity index (χ0) is 34.9. The summed E-state index contributed by atoms with van der Waals surface area (Å²) in [6, 6.07) is 23.2. The topological polar surface area (TPSA) is 134 Å². The molecule has 1 fully saturated rings. The third-order valence-electron chi connectivity index (χ3n) is 9.54. The first-order valence-corrected chi connectivity index (χ1v) is 17.0. The highest BCUT2D eigenvalue weighted by Gasteiger charge is 2.24. The van der Waals surface area contributed by atoms with E-state index >= 15 is 0 Å². The molecule has 1 unspecified atom stereocenters. The highest BCUT2D eigenvalue weighted by atomic mass is 19.1. The number of hydrogen-bond acceptors (Lipinski definition) is 8. The minimum absolute atomic E-state index is 0.0158. The summed E-state index contributed by atoms with van der Waals surface area (Å²) in [7, 11) is 0. The molecule has 11 nitrogen and oxygen atoms in total. The Balaban J connectivity index is 0.964. The molecule has 3 aromatic heterocycles. The van der Waals surface area contributed by atoms with E-state index in [1.165, 1.54) is 6.07 Å². The number of amides is 1. The first kappa shape index (κ1) is 32.3. The molecule has 2 N–H and O–H groups in total. The number of ether oxygens (including phenoxy) is 2. The number of nitrogens with one attached hydrogen (secondary N) is 2. The zero-order valence-corrected chi connectivity index (χ0v) is 28.0. The van der Waals surface area contributed by atoms with E-state index in [4.69, 9.17) is 19.7 Å². The van der Waals surface area contributed by atoms with E-state index in [0.717, 1.165) is 77.3 Å². The lowest BCUT2D eigenvalue weighted by atomic mass is 10.0. The number of aromatic amines is 1. The third-order valence-corrected chi connectivity index (χ3v) is 9.54. The minimum Gasteiger partial charge on any atom is -0.473 e. The number of hydrogen-bond donors (Lipinski definition) is 2. The van der Waals surface area contributed by atoms with Gasteiger partial charge in [-0.05, 0) is 79.9 Å². The maximum atomic E-state index is 14.3. The van der Waals surface area contributed by atoms with E-state index in [-0.39, 0.29) is 24.2 Å². The van der Waals surface area contributed by atoms with E-state index in [0.29, 0.717) is 35.8 Å². The van der Waals surface area contributed by atoms with Gasteiger partial charge in [-0.25, -0.2) is 14.4 Å². The number of aryl methyl sites for hydroxylation is 1. The van der Waals surface area contributed by atoms with Crippen molar-refractivity contribution in [3.63, 3.8) is 0 Å². The number of aromatic nitrogens is 5. The van der Waals surface area contributed by atoms with Crippen LogP contribution in [0.25, 0.3) is 27.5 Å². The highest BCUT2D eigenvalue weighted by molar-refractivity contribution is 6.06. The van der Waals surface area contributed by atoms with Gasteiger partial charge in [0.25, 0.3) is 5.91 Å². The van der Waals surface area contributed by atoms with Crippen LogP contribution in [0.3, 0.4) is 0 Å². The van der Waals surface area contributed by atoms with Crippen LogP contribution in [0.1, 0.15) is 51.5 Å². The van der Waals surface area contributed by atoms with E-state index in [1.807, 2.05) is 61.5 Å². The molecule has 5 heterocycles. The van der Waals surface area contributed by atoms with Gasteiger partial charge in [0.2, 0.25) is 5.88 Å². The number of pyridine rings is 1. The van der Waals surface area contributed by atoms with Crippen molar-refractivity contribution in [2.45, 2.75) is 45.6 Å². The van der Waals surface area contributed by atoms with E-state index in [1.54, 1.807) is 18.2 Å². The fourth-order valence-electron chi connectivity index (χ4n) is 6.54. The highest BCUT2D eigenvalue weighted by Crippen LogP contribution is 2.27. The minimum atomic E-state index is -0.477. The number of fused-ring (bicyclic) bond motifs is 2. The summed E-state index contributed by atoms with van der Waals surface area (Å²) in [6.45, 7) is 5.57. The van der Waals surface area contributed by atoms with Gasteiger partial charge < -0.3 is 19.4 Å². The Kier molecular flexibility index (Phi) is 8.73. The molecule has 12 heteroatoms. The standard InChI is InChI=1S/C39H35FN8O3/c1-24-31-19-29(8-10-34(31)46-45-24)42-39(49)27-7-9-35-36(18-27)48(21-30-13-16-50-30)37(43-35)22-47-14-11-26(12-15-47)33-3-2-4-38(44-33)51-23-28-6-5-25(20-41)17-32(28)40/h2-11,17-19,30H,12-16,21-23H2,1H3,(H,42,49)(H,45,46). The van der Waals surface area contributed by atoms with Crippen LogP contribution in [0.15, 0.2) is 78.9 Å². The molecule has 51 heavy (non-hydrogen) atoms. The molecule has 3 aromatic carbocycles. The molecule has 1 amide bonds. The Morgan fingerprint density at radius 3 is 2.78 bits per heavy atom. The van der Waals surface area contributed by atoms with Crippen LogP contribution in [0, 0.1) is 24.1 Å². The van der Waals surface area contributed by atoms with Crippen molar-refractivity contribution in [3.05, 3.63) is 119 Å². The van der Waals surface area contributed by atoms with E-state index < -0.39 is 5.82 Å². The molecule has 256 valence electrons. The van der Waals surface area contributed by atoms with Crippen molar-refractivity contribution in [2.75, 3.05) is 25.0 Å². The SMILES string of the molecule is Cc1[nH]nc2ccc(NC(=O)c3ccc4nc(CN5CC=C(c6cccc(OCc7ccc(C#N)cc7F)n6)CC5)n(CC5CCO5)c4c3)cc12. The molecule has 0 saturated carbocycles. The van der Waals surface area contributed by atoms with Crippen molar-refractivity contribution in [3.8, 4) is 11.9 Å². The quantitative estimate of drug-likeness (QED) is 0.167. The molecule has 0 bridgehead atoms. The van der Waals surface area contributed by atoms with Crippen LogP contribution < -0.4 is 10.1 Å². The van der Waals surface area contributed by atoms with Gasteiger partial charge in [0.1, 0.15) is 18.2 Å². The average Bonchev–Trinajstić information content (AvgIpc) is 3.67. The first-order chi connectivity index (χ1) is 24.9. The predicted octanol–water partition coefficient (Wildman–Crippen LogP) is 6.54. The van der Waals surface area contributed by atoms with E-state index in [2.05, 4.69) is 36.0 Å². The summed E-state index contributed by atoms with van der Waals surface area (Å²) < 4.78 is 28.2. The molecular weight excluding hydrogens is 647 g/mol. The third kappa shape index (κ3) is 6.81. The van der Waals surface area contributed by atoms with Gasteiger partial charge in [-0.3, -0.25) is 14.8 Å². The molecule has 2 aliphatic rings. The van der Waals surface area contributed by atoms with Gasteiger partial charge in [0, 0.05) is 53.7 Å². The van der Waals surface area contributed by atoms with Gasteiger partial charge >= 0.3 is 0 Å². The maximum absolute atomic E-state index is 14.3. The maximum Gasteiger partial charge on any atom is 0.255 e. The molecular formula is C39H35FN8O3. The average molecular weight is 683 g/mol. The number of nitrogens with zero attached hydrogens (tertiary/aromatic N) is 6. The number of imidazole rings is 1. The number of carbonyl (C=O) groups excluding carboxylic acids is 1. The van der Waals surface area contributed by atoms with Crippen LogP contribution in [0.4, 0.5) is 10.1 Å². The van der Waals surface area contributed by atoms with Gasteiger partial charge in [-0.1, -0.05) is 18.2 Å². The van der Waals surface area contributed by atoms with Crippen molar-refractivity contribution in [1.82, 2.24) is 29.6 Å². The Bertz CT molecular complexity index is 2350. The molecule has 0 radical (unpaired) electrons. The Morgan fingerprint density at radius 1 is 1.12 bits per heavy atom. The van der Waals surface area contributed by atoms with E-state index in [9.17, 15) is 9.18 Å². The van der Waals surface area contributed by atoms with Crippen LogP contribution in [0.5, 0.6) is 5.88 Å².